The number of hydrogen-bond donors (Lipinski definition) is 1. The van der Waals surface area contributed by atoms with Gasteiger partial charge in [0.2, 0.25) is 11.8 Å². The van der Waals surface area contributed by atoms with E-state index in [1.54, 1.807) is 41.3 Å². The number of carbonyl (C=O) groups is 3. The topological polar surface area (TPSA) is 88.1 Å². The lowest BCUT2D eigenvalue weighted by molar-refractivity contribution is -0.129. The summed E-state index contributed by atoms with van der Waals surface area (Å²) >= 11 is 7.24. The number of methoxy groups -OCH3 is 1. The molecule has 0 unspecified atom stereocenters. The van der Waals surface area contributed by atoms with E-state index >= 15 is 0 Å². The second kappa shape index (κ2) is 11.2. The molecule has 0 radical (unpaired) electrons. The van der Waals surface area contributed by atoms with Gasteiger partial charge in [0.25, 0.3) is 0 Å². The number of carbonyl (C=O) groups excluding carboxylic acids is 3. The SMILES string of the molecule is COC(=O)c1ccc(NC(=O)[C@H]2CC(=O)N(Cc3ccc(Cl)cc3)C(=Nc3ccccc3)S2)cc1. The van der Waals surface area contributed by atoms with Crippen LogP contribution in [0.5, 0.6) is 0 Å². The Morgan fingerprint density at radius 3 is 2.40 bits per heavy atom. The number of rotatable bonds is 6. The molecule has 178 valence electrons. The second-order valence-corrected chi connectivity index (χ2v) is 9.31. The van der Waals surface area contributed by atoms with Crippen LogP contribution in [0.4, 0.5) is 11.4 Å². The third-order valence-corrected chi connectivity index (χ3v) is 6.68. The van der Waals surface area contributed by atoms with E-state index in [4.69, 9.17) is 16.3 Å². The first-order valence-corrected chi connectivity index (χ1v) is 12.0. The summed E-state index contributed by atoms with van der Waals surface area (Å²) in [5.41, 5.74) is 2.48. The number of benzene rings is 3. The standard InChI is InChI=1S/C26H22ClN3O4S/c1-34-25(33)18-9-13-21(14-10-18)28-24(32)22-15-23(31)30(16-17-7-11-19(27)12-8-17)26(35-22)29-20-5-3-2-4-6-20/h2-14,22H,15-16H2,1H3,(H,28,32)/t22-/m1/s1. The summed E-state index contributed by atoms with van der Waals surface area (Å²) in [4.78, 5) is 44.1. The molecule has 3 aromatic carbocycles. The van der Waals surface area contributed by atoms with Gasteiger partial charge in [-0.1, -0.05) is 53.7 Å². The summed E-state index contributed by atoms with van der Waals surface area (Å²) in [6.45, 7) is 0.317. The van der Waals surface area contributed by atoms with Gasteiger partial charge in [-0.25, -0.2) is 9.79 Å². The van der Waals surface area contributed by atoms with Gasteiger partial charge in [0.1, 0.15) is 5.25 Å². The first-order valence-electron chi connectivity index (χ1n) is 10.8. The molecule has 1 fully saturated rings. The fourth-order valence-corrected chi connectivity index (χ4v) is 4.64. The van der Waals surface area contributed by atoms with Crippen LogP contribution >= 0.6 is 23.4 Å². The minimum absolute atomic E-state index is 0.0259. The maximum Gasteiger partial charge on any atom is 0.337 e. The molecular weight excluding hydrogens is 486 g/mol. The number of thioether (sulfide) groups is 1. The molecule has 3 aromatic rings. The van der Waals surface area contributed by atoms with Crippen LogP contribution in [-0.4, -0.2) is 40.2 Å². The van der Waals surface area contributed by atoms with Crippen LogP contribution < -0.4 is 5.32 Å². The zero-order chi connectivity index (χ0) is 24.8. The van der Waals surface area contributed by atoms with Crippen molar-refractivity contribution >= 4 is 57.7 Å². The van der Waals surface area contributed by atoms with Crippen molar-refractivity contribution in [3.05, 3.63) is 95.0 Å². The molecule has 2 amide bonds. The second-order valence-electron chi connectivity index (χ2n) is 7.71. The van der Waals surface area contributed by atoms with E-state index < -0.39 is 11.2 Å². The number of ether oxygens (including phenoxy) is 1. The Morgan fingerprint density at radius 1 is 1.06 bits per heavy atom. The number of halogens is 1. The highest BCUT2D eigenvalue weighted by Gasteiger charge is 2.36. The van der Waals surface area contributed by atoms with Crippen molar-refractivity contribution in [1.82, 2.24) is 4.90 Å². The number of amides is 2. The van der Waals surface area contributed by atoms with Gasteiger partial charge in [0.05, 0.1) is 24.9 Å². The van der Waals surface area contributed by atoms with Crippen molar-refractivity contribution in [2.24, 2.45) is 4.99 Å². The van der Waals surface area contributed by atoms with Gasteiger partial charge in [-0.2, -0.15) is 0 Å². The Kier molecular flexibility index (Phi) is 7.84. The predicted molar refractivity (Wildman–Crippen MR) is 138 cm³/mol. The van der Waals surface area contributed by atoms with E-state index in [0.717, 1.165) is 5.56 Å². The van der Waals surface area contributed by atoms with Gasteiger partial charge in [0.15, 0.2) is 5.17 Å². The zero-order valence-corrected chi connectivity index (χ0v) is 20.4. The van der Waals surface area contributed by atoms with E-state index in [-0.39, 0.29) is 18.2 Å². The van der Waals surface area contributed by atoms with E-state index in [0.29, 0.717) is 33.7 Å². The highest BCUT2D eigenvalue weighted by atomic mass is 35.5. The molecule has 1 N–H and O–H groups in total. The molecule has 0 spiro atoms. The summed E-state index contributed by atoms with van der Waals surface area (Å²) in [5.74, 6) is -0.977. The maximum absolute atomic E-state index is 13.2. The van der Waals surface area contributed by atoms with Gasteiger partial charge in [-0.05, 0) is 54.1 Å². The smallest absolute Gasteiger partial charge is 0.337 e. The summed E-state index contributed by atoms with van der Waals surface area (Å²) in [6.07, 6.45) is 0.0259. The van der Waals surface area contributed by atoms with Crippen LogP contribution in [0.2, 0.25) is 5.02 Å². The van der Waals surface area contributed by atoms with Crippen LogP contribution in [0.25, 0.3) is 0 Å². The molecule has 1 aliphatic heterocycles. The van der Waals surface area contributed by atoms with Gasteiger partial charge < -0.3 is 10.1 Å². The van der Waals surface area contributed by atoms with Crippen molar-refractivity contribution in [2.75, 3.05) is 12.4 Å². The van der Waals surface area contributed by atoms with Crippen LogP contribution in [0.3, 0.4) is 0 Å². The first kappa shape index (κ1) is 24.5. The Bertz CT molecular complexity index is 1250. The number of nitrogens with zero attached hydrogens (tertiary/aromatic N) is 2. The van der Waals surface area contributed by atoms with Crippen molar-refractivity contribution in [2.45, 2.75) is 18.2 Å². The number of esters is 1. The average Bonchev–Trinajstić information content (AvgIpc) is 2.87. The van der Waals surface area contributed by atoms with E-state index in [2.05, 4.69) is 10.3 Å². The normalized spacial score (nSPS) is 16.7. The lowest BCUT2D eigenvalue weighted by Gasteiger charge is -2.32. The molecule has 4 rings (SSSR count). The number of amidine groups is 1. The van der Waals surface area contributed by atoms with Gasteiger partial charge in [-0.15, -0.1) is 0 Å². The Balaban J connectivity index is 1.54. The van der Waals surface area contributed by atoms with Gasteiger partial charge in [-0.3, -0.25) is 14.5 Å². The van der Waals surface area contributed by atoms with Crippen LogP contribution in [0.15, 0.2) is 83.9 Å². The Labute approximate surface area is 212 Å². The molecule has 1 atom stereocenters. The molecule has 1 heterocycles. The molecule has 7 nitrogen and oxygen atoms in total. The molecule has 0 aliphatic carbocycles. The van der Waals surface area contributed by atoms with Gasteiger partial charge >= 0.3 is 5.97 Å². The largest absolute Gasteiger partial charge is 0.465 e. The Hall–Kier alpha value is -3.62. The number of aliphatic imine (C=N–C) groups is 1. The van der Waals surface area contributed by atoms with E-state index in [1.165, 1.54) is 18.9 Å². The molecule has 0 bridgehead atoms. The van der Waals surface area contributed by atoms with Gasteiger partial charge in [0, 0.05) is 17.1 Å². The summed E-state index contributed by atoms with van der Waals surface area (Å²) < 4.78 is 4.69. The van der Waals surface area contributed by atoms with Crippen molar-refractivity contribution in [1.29, 1.82) is 0 Å². The van der Waals surface area contributed by atoms with Crippen LogP contribution in [-0.2, 0) is 20.9 Å². The van der Waals surface area contributed by atoms with E-state index in [9.17, 15) is 14.4 Å². The van der Waals surface area contributed by atoms with Crippen LogP contribution in [0.1, 0.15) is 22.3 Å². The molecule has 0 aromatic heterocycles. The number of anilines is 1. The monoisotopic (exact) mass is 507 g/mol. The zero-order valence-electron chi connectivity index (χ0n) is 18.8. The Morgan fingerprint density at radius 2 is 1.74 bits per heavy atom. The molecule has 1 saturated heterocycles. The predicted octanol–water partition coefficient (Wildman–Crippen LogP) is 5.29. The van der Waals surface area contributed by atoms with Crippen molar-refractivity contribution in [3.8, 4) is 0 Å². The highest BCUT2D eigenvalue weighted by molar-refractivity contribution is 8.15. The minimum Gasteiger partial charge on any atom is -0.465 e. The third-order valence-electron chi connectivity index (χ3n) is 5.24. The van der Waals surface area contributed by atoms with Crippen molar-refractivity contribution < 1.29 is 19.1 Å². The number of hydrogen-bond acceptors (Lipinski definition) is 6. The lowest BCUT2D eigenvalue weighted by Crippen LogP contribution is -2.44. The average molecular weight is 508 g/mol. The third kappa shape index (κ3) is 6.29. The minimum atomic E-state index is -0.660. The van der Waals surface area contributed by atoms with Crippen LogP contribution in [0, 0.1) is 0 Å². The maximum atomic E-state index is 13.2. The summed E-state index contributed by atoms with van der Waals surface area (Å²) in [6, 6.07) is 22.9. The molecule has 35 heavy (non-hydrogen) atoms. The summed E-state index contributed by atoms with van der Waals surface area (Å²) in [7, 11) is 1.31. The number of para-hydroxylation sites is 1. The van der Waals surface area contributed by atoms with Crippen molar-refractivity contribution in [3.63, 3.8) is 0 Å². The first-order chi connectivity index (χ1) is 16.9. The highest BCUT2D eigenvalue weighted by Crippen LogP contribution is 2.31. The molecule has 0 saturated carbocycles. The quantitative estimate of drug-likeness (QED) is 0.458. The summed E-state index contributed by atoms with van der Waals surface area (Å²) in [5, 5.41) is 3.22. The number of nitrogens with one attached hydrogen (secondary N) is 1. The lowest BCUT2D eigenvalue weighted by atomic mass is 10.2. The molecular formula is C26H22ClN3O4S. The molecule has 1 aliphatic rings. The van der Waals surface area contributed by atoms with E-state index in [1.807, 2.05) is 42.5 Å². The fourth-order valence-electron chi connectivity index (χ4n) is 3.41. The molecule has 9 heteroatoms. The fraction of sp³-hybridized carbons (Fsp3) is 0.154.